The van der Waals surface area contributed by atoms with Gasteiger partial charge in [0.1, 0.15) is 0 Å². The normalized spacial score (nSPS) is 16.6. The number of rotatable bonds is 6. The molecule has 2 N–H and O–H groups in total. The first kappa shape index (κ1) is 22.5. The second-order valence-corrected chi connectivity index (χ2v) is 8.28. The lowest BCUT2D eigenvalue weighted by Gasteiger charge is -2.21. The van der Waals surface area contributed by atoms with Crippen molar-refractivity contribution in [2.45, 2.75) is 25.6 Å². The van der Waals surface area contributed by atoms with Crippen molar-refractivity contribution in [2.24, 2.45) is 0 Å². The zero-order chi connectivity index (χ0) is 23.7. The van der Waals surface area contributed by atoms with Gasteiger partial charge < -0.3 is 20.1 Å². The SMILES string of the molecule is C[C@H](O[C@H]1CCOC1)c1c(NC(=O)Nc2cnc(-n3nccn3)c(Cl)c2)cnc2cc(Cl)nn12. The molecule has 1 aliphatic rings. The number of anilines is 2. The Labute approximate surface area is 203 Å². The summed E-state index contributed by atoms with van der Waals surface area (Å²) >= 11 is 12.4. The van der Waals surface area contributed by atoms with Crippen molar-refractivity contribution in [3.63, 3.8) is 0 Å². The second-order valence-electron chi connectivity index (χ2n) is 7.49. The minimum Gasteiger partial charge on any atom is -0.379 e. The highest BCUT2D eigenvalue weighted by atomic mass is 35.5. The molecule has 0 radical (unpaired) electrons. The Hall–Kier alpha value is -3.32. The van der Waals surface area contributed by atoms with E-state index in [-0.39, 0.29) is 16.3 Å². The van der Waals surface area contributed by atoms with E-state index >= 15 is 0 Å². The molecule has 14 heteroatoms. The van der Waals surface area contributed by atoms with Crippen LogP contribution in [0.4, 0.5) is 16.2 Å². The summed E-state index contributed by atoms with van der Waals surface area (Å²) in [7, 11) is 0. The maximum absolute atomic E-state index is 12.8. The topological polar surface area (TPSA) is 133 Å². The predicted octanol–water partition coefficient (Wildman–Crippen LogP) is 3.52. The van der Waals surface area contributed by atoms with Crippen molar-refractivity contribution < 1.29 is 14.3 Å². The average Bonchev–Trinajstić information content (AvgIpc) is 3.55. The Kier molecular flexibility index (Phi) is 6.28. The van der Waals surface area contributed by atoms with Gasteiger partial charge in [0.15, 0.2) is 16.6 Å². The molecule has 2 atom stereocenters. The highest BCUT2D eigenvalue weighted by Gasteiger charge is 2.25. The number of halogens is 2. The van der Waals surface area contributed by atoms with Gasteiger partial charge in [-0.3, -0.25) is 0 Å². The minimum absolute atomic E-state index is 0.0538. The lowest BCUT2D eigenvalue weighted by Crippen LogP contribution is -2.24. The summed E-state index contributed by atoms with van der Waals surface area (Å²) in [6, 6.07) is 2.65. The standard InChI is InChI=1S/C20H19Cl2N9O3/c1-11(34-13-2-5-33-10-13)18-15(9-23-17-7-16(22)29-30(17)18)28-20(32)27-12-6-14(21)19(24-8-12)31-25-3-4-26-31/h3-4,6-9,11,13H,2,5,10H2,1H3,(H2,27,28,32)/t11-,13-/m0/s1. The zero-order valence-corrected chi connectivity index (χ0v) is 19.4. The number of hydrogen-bond donors (Lipinski definition) is 2. The highest BCUT2D eigenvalue weighted by molar-refractivity contribution is 6.32. The summed E-state index contributed by atoms with van der Waals surface area (Å²) < 4.78 is 13.1. The maximum Gasteiger partial charge on any atom is 0.323 e. The number of fused-ring (bicyclic) bond motifs is 1. The molecular weight excluding hydrogens is 485 g/mol. The Morgan fingerprint density at radius 3 is 2.76 bits per heavy atom. The molecule has 0 saturated carbocycles. The lowest BCUT2D eigenvalue weighted by molar-refractivity contribution is -0.0102. The number of aromatic nitrogens is 7. The number of carbonyl (C=O) groups is 1. The molecule has 0 spiro atoms. The minimum atomic E-state index is -0.528. The number of pyridine rings is 1. The molecule has 12 nitrogen and oxygen atoms in total. The van der Waals surface area contributed by atoms with Crippen molar-refractivity contribution in [2.75, 3.05) is 23.8 Å². The van der Waals surface area contributed by atoms with Gasteiger partial charge in [0.2, 0.25) is 0 Å². The van der Waals surface area contributed by atoms with Crippen LogP contribution in [-0.2, 0) is 9.47 Å². The van der Waals surface area contributed by atoms with Crippen LogP contribution < -0.4 is 10.6 Å². The number of hydrogen-bond acceptors (Lipinski definition) is 8. The van der Waals surface area contributed by atoms with Gasteiger partial charge in [-0.15, -0.1) is 4.80 Å². The van der Waals surface area contributed by atoms with E-state index in [1.165, 1.54) is 29.6 Å². The summed E-state index contributed by atoms with van der Waals surface area (Å²) in [4.78, 5) is 22.6. The molecule has 0 unspecified atom stereocenters. The fraction of sp³-hybridized carbons (Fsp3) is 0.300. The Morgan fingerprint density at radius 1 is 1.21 bits per heavy atom. The highest BCUT2D eigenvalue weighted by Crippen LogP contribution is 2.29. The van der Waals surface area contributed by atoms with Gasteiger partial charge in [-0.2, -0.15) is 15.3 Å². The van der Waals surface area contributed by atoms with Crippen molar-refractivity contribution >= 4 is 46.3 Å². The average molecular weight is 504 g/mol. The van der Waals surface area contributed by atoms with E-state index in [2.05, 4.69) is 35.9 Å². The first-order valence-corrected chi connectivity index (χ1v) is 11.1. The Morgan fingerprint density at radius 2 is 2.03 bits per heavy atom. The largest absolute Gasteiger partial charge is 0.379 e. The fourth-order valence-electron chi connectivity index (χ4n) is 3.64. The van der Waals surface area contributed by atoms with Crippen LogP contribution in [0.1, 0.15) is 25.1 Å². The molecule has 0 bridgehead atoms. The third kappa shape index (κ3) is 4.66. The van der Waals surface area contributed by atoms with E-state index in [1.54, 1.807) is 16.6 Å². The summed E-state index contributed by atoms with van der Waals surface area (Å²) in [5, 5.41) is 18.3. The van der Waals surface area contributed by atoms with Gasteiger partial charge in [0.25, 0.3) is 0 Å². The summed E-state index contributed by atoms with van der Waals surface area (Å²) in [5.41, 5.74) is 1.91. The van der Waals surface area contributed by atoms with Gasteiger partial charge in [0, 0.05) is 12.7 Å². The number of amides is 2. The van der Waals surface area contributed by atoms with E-state index in [1.807, 2.05) is 6.92 Å². The molecule has 0 aliphatic carbocycles. The number of nitrogens with one attached hydrogen (secondary N) is 2. The first-order chi connectivity index (χ1) is 16.5. The van der Waals surface area contributed by atoms with E-state index in [0.29, 0.717) is 41.7 Å². The molecule has 5 heterocycles. The molecule has 5 rings (SSSR count). The number of ether oxygens (including phenoxy) is 2. The van der Waals surface area contributed by atoms with E-state index < -0.39 is 12.1 Å². The van der Waals surface area contributed by atoms with Crippen LogP contribution in [-0.4, -0.2) is 59.9 Å². The van der Waals surface area contributed by atoms with Crippen LogP contribution in [0.15, 0.2) is 36.9 Å². The second kappa shape index (κ2) is 9.50. The Balaban J connectivity index is 1.37. The van der Waals surface area contributed by atoms with Crippen molar-refractivity contribution in [3.8, 4) is 5.82 Å². The van der Waals surface area contributed by atoms with E-state index in [9.17, 15) is 4.79 Å². The third-order valence-electron chi connectivity index (χ3n) is 5.10. The third-order valence-corrected chi connectivity index (χ3v) is 5.56. The zero-order valence-electron chi connectivity index (χ0n) is 17.9. The molecule has 2 amide bonds. The van der Waals surface area contributed by atoms with Crippen molar-refractivity contribution in [1.82, 2.24) is 34.6 Å². The molecule has 1 saturated heterocycles. The van der Waals surface area contributed by atoms with E-state index in [0.717, 1.165) is 6.42 Å². The quantitative estimate of drug-likeness (QED) is 0.408. The monoisotopic (exact) mass is 503 g/mol. The maximum atomic E-state index is 12.8. The number of nitrogens with zero attached hydrogens (tertiary/aromatic N) is 7. The molecule has 4 aromatic rings. The van der Waals surface area contributed by atoms with Gasteiger partial charge in [-0.05, 0) is 19.4 Å². The van der Waals surface area contributed by atoms with Crippen LogP contribution in [0.2, 0.25) is 10.2 Å². The van der Waals surface area contributed by atoms with Crippen LogP contribution >= 0.6 is 23.2 Å². The van der Waals surface area contributed by atoms with Crippen LogP contribution in [0.3, 0.4) is 0 Å². The molecular formula is C20H19Cl2N9O3. The summed E-state index contributed by atoms with van der Waals surface area (Å²) in [6.07, 6.45) is 6.31. The van der Waals surface area contributed by atoms with Gasteiger partial charge in [-0.25, -0.2) is 19.3 Å². The molecule has 176 valence electrons. The first-order valence-electron chi connectivity index (χ1n) is 10.4. The summed E-state index contributed by atoms with van der Waals surface area (Å²) in [5.74, 6) is 0.340. The number of urea groups is 1. The summed E-state index contributed by atoms with van der Waals surface area (Å²) in [6.45, 7) is 3.03. The van der Waals surface area contributed by atoms with Gasteiger partial charge in [0.05, 0.1) is 65.7 Å². The molecule has 34 heavy (non-hydrogen) atoms. The van der Waals surface area contributed by atoms with Crippen LogP contribution in [0.5, 0.6) is 0 Å². The van der Waals surface area contributed by atoms with Crippen LogP contribution in [0, 0.1) is 0 Å². The van der Waals surface area contributed by atoms with Crippen molar-refractivity contribution in [3.05, 3.63) is 52.8 Å². The molecule has 0 aromatic carbocycles. The lowest BCUT2D eigenvalue weighted by atomic mass is 10.2. The van der Waals surface area contributed by atoms with Crippen molar-refractivity contribution in [1.29, 1.82) is 0 Å². The smallest absolute Gasteiger partial charge is 0.323 e. The van der Waals surface area contributed by atoms with Gasteiger partial charge >= 0.3 is 6.03 Å². The molecule has 1 aliphatic heterocycles. The predicted molar refractivity (Wildman–Crippen MR) is 124 cm³/mol. The Bertz CT molecular complexity index is 1320. The van der Waals surface area contributed by atoms with E-state index in [4.69, 9.17) is 32.7 Å². The number of carbonyl (C=O) groups excluding carboxylic acids is 1. The van der Waals surface area contributed by atoms with Gasteiger partial charge in [-0.1, -0.05) is 23.2 Å². The van der Waals surface area contributed by atoms with Crippen LogP contribution in [0.25, 0.3) is 11.5 Å². The molecule has 4 aromatic heterocycles. The molecule has 1 fully saturated rings. The fourth-order valence-corrected chi connectivity index (χ4v) is 4.06.